The first-order valence-corrected chi connectivity index (χ1v) is 6.45. The highest BCUT2D eigenvalue weighted by Crippen LogP contribution is 2.52. The molecule has 0 saturated heterocycles. The molecule has 7 heteroatoms. The normalized spacial score (nSPS) is 16.2. The zero-order chi connectivity index (χ0) is 13.2. The lowest BCUT2D eigenvalue weighted by Crippen LogP contribution is -2.11. The van der Waals surface area contributed by atoms with Crippen molar-refractivity contribution in [3.63, 3.8) is 0 Å². The van der Waals surface area contributed by atoms with E-state index in [9.17, 15) is 14.9 Å². The summed E-state index contributed by atoms with van der Waals surface area (Å²) in [5, 5.41) is 20.0. The number of carbonyl (C=O) groups is 1. The van der Waals surface area contributed by atoms with E-state index in [0.717, 1.165) is 12.8 Å². The molecule has 0 atom stereocenters. The number of pyridine rings is 1. The lowest BCUT2D eigenvalue weighted by molar-refractivity contribution is -0.388. The van der Waals surface area contributed by atoms with Crippen LogP contribution in [0.4, 0.5) is 5.69 Å². The van der Waals surface area contributed by atoms with Crippen molar-refractivity contribution in [3.05, 3.63) is 28.4 Å². The van der Waals surface area contributed by atoms with E-state index in [1.165, 1.54) is 30.1 Å². The first-order valence-electron chi connectivity index (χ1n) is 5.46. The Balaban J connectivity index is 2.03. The van der Waals surface area contributed by atoms with Crippen molar-refractivity contribution in [2.75, 3.05) is 5.75 Å². The minimum Gasteiger partial charge on any atom is -0.481 e. The van der Waals surface area contributed by atoms with Gasteiger partial charge in [0.2, 0.25) is 0 Å². The number of hydrogen-bond donors (Lipinski definition) is 1. The summed E-state index contributed by atoms with van der Waals surface area (Å²) in [7, 11) is 0. The van der Waals surface area contributed by atoms with Crippen LogP contribution in [0.2, 0.25) is 0 Å². The Labute approximate surface area is 108 Å². The van der Waals surface area contributed by atoms with Gasteiger partial charge in [-0.1, -0.05) is 11.8 Å². The SMILES string of the molecule is O=C(O)CC1(CSc2ncccc2[N+](=O)[O-])CC1. The molecule has 0 spiro atoms. The van der Waals surface area contributed by atoms with Crippen LogP contribution in [0.1, 0.15) is 19.3 Å². The van der Waals surface area contributed by atoms with Crippen LogP contribution in [0.5, 0.6) is 0 Å². The first kappa shape index (κ1) is 12.8. The highest BCUT2D eigenvalue weighted by Gasteiger charge is 2.44. The summed E-state index contributed by atoms with van der Waals surface area (Å²) in [4.78, 5) is 25.0. The lowest BCUT2D eigenvalue weighted by atomic mass is 10.1. The van der Waals surface area contributed by atoms with Crippen molar-refractivity contribution in [1.29, 1.82) is 0 Å². The molecule has 2 rings (SSSR count). The molecule has 6 nitrogen and oxygen atoms in total. The number of carboxylic acid groups (broad SMARTS) is 1. The van der Waals surface area contributed by atoms with Gasteiger partial charge < -0.3 is 5.11 Å². The summed E-state index contributed by atoms with van der Waals surface area (Å²) in [5.41, 5.74) is -0.212. The number of aromatic nitrogens is 1. The number of thioether (sulfide) groups is 1. The molecule has 1 fully saturated rings. The standard InChI is InChI=1S/C11H12N2O4S/c14-9(15)6-11(3-4-11)7-18-10-8(13(16)17)2-1-5-12-10/h1-2,5H,3-4,6-7H2,(H,14,15). The Kier molecular flexibility index (Phi) is 3.51. The average molecular weight is 268 g/mol. The van der Waals surface area contributed by atoms with Crippen LogP contribution in [0, 0.1) is 15.5 Å². The number of aliphatic carboxylic acids is 1. The maximum atomic E-state index is 10.8. The Morgan fingerprint density at radius 2 is 2.33 bits per heavy atom. The summed E-state index contributed by atoms with van der Waals surface area (Å²) in [5.74, 6) is -0.249. The van der Waals surface area contributed by atoms with E-state index in [4.69, 9.17) is 5.11 Å². The van der Waals surface area contributed by atoms with E-state index in [1.54, 1.807) is 0 Å². The molecule has 0 bridgehead atoms. The van der Waals surface area contributed by atoms with Gasteiger partial charge in [-0.3, -0.25) is 14.9 Å². The van der Waals surface area contributed by atoms with Gasteiger partial charge >= 0.3 is 11.7 Å². The third kappa shape index (κ3) is 2.98. The second-order valence-electron chi connectivity index (χ2n) is 4.44. The molecule has 1 heterocycles. The third-order valence-electron chi connectivity index (χ3n) is 2.95. The number of nitro groups is 1. The maximum absolute atomic E-state index is 10.8. The molecule has 1 aliphatic rings. The molecular formula is C11H12N2O4S. The largest absolute Gasteiger partial charge is 0.481 e. The van der Waals surface area contributed by atoms with Crippen LogP contribution >= 0.6 is 11.8 Å². The molecule has 1 saturated carbocycles. The van der Waals surface area contributed by atoms with Gasteiger partial charge in [0.1, 0.15) is 0 Å². The third-order valence-corrected chi connectivity index (χ3v) is 4.29. The van der Waals surface area contributed by atoms with Crippen LogP contribution in [-0.2, 0) is 4.79 Å². The lowest BCUT2D eigenvalue weighted by Gasteiger charge is -2.10. The highest BCUT2D eigenvalue weighted by atomic mass is 32.2. The van der Waals surface area contributed by atoms with Crippen molar-refractivity contribution in [3.8, 4) is 0 Å². The second kappa shape index (κ2) is 4.93. The summed E-state index contributed by atoms with van der Waals surface area (Å²) in [6, 6.07) is 2.93. The monoisotopic (exact) mass is 268 g/mol. The van der Waals surface area contributed by atoms with Gasteiger partial charge in [0.15, 0.2) is 5.03 Å². The van der Waals surface area contributed by atoms with Crippen LogP contribution in [-0.4, -0.2) is 26.7 Å². The van der Waals surface area contributed by atoms with Crippen LogP contribution in [0.3, 0.4) is 0 Å². The molecule has 96 valence electrons. The fourth-order valence-corrected chi connectivity index (χ4v) is 2.98. The van der Waals surface area contributed by atoms with Gasteiger partial charge in [0.05, 0.1) is 11.3 Å². The molecule has 0 radical (unpaired) electrons. The second-order valence-corrected chi connectivity index (χ2v) is 5.41. The Hall–Kier alpha value is -1.63. The number of hydrogen-bond acceptors (Lipinski definition) is 5. The van der Waals surface area contributed by atoms with E-state index >= 15 is 0 Å². The van der Waals surface area contributed by atoms with E-state index in [2.05, 4.69) is 4.98 Å². The molecule has 1 aliphatic carbocycles. The molecule has 0 amide bonds. The zero-order valence-electron chi connectivity index (χ0n) is 9.54. The predicted octanol–water partition coefficient (Wildman–Crippen LogP) is 2.34. The fourth-order valence-electron chi connectivity index (χ4n) is 1.72. The Bertz CT molecular complexity index is 488. The first-order chi connectivity index (χ1) is 8.52. The van der Waals surface area contributed by atoms with Gasteiger partial charge in [0, 0.05) is 18.0 Å². The zero-order valence-corrected chi connectivity index (χ0v) is 10.4. The molecular weight excluding hydrogens is 256 g/mol. The smallest absolute Gasteiger partial charge is 0.303 e. The van der Waals surface area contributed by atoms with Crippen molar-refractivity contribution in [2.45, 2.75) is 24.3 Å². The molecule has 0 unspecified atom stereocenters. The van der Waals surface area contributed by atoms with E-state index in [0.29, 0.717) is 10.8 Å². The van der Waals surface area contributed by atoms with Crippen molar-refractivity contribution in [2.24, 2.45) is 5.41 Å². The van der Waals surface area contributed by atoms with Crippen molar-refractivity contribution < 1.29 is 14.8 Å². The minimum atomic E-state index is -0.816. The number of nitrogens with zero attached hydrogens (tertiary/aromatic N) is 2. The molecule has 1 N–H and O–H groups in total. The summed E-state index contributed by atoms with van der Waals surface area (Å²) < 4.78 is 0. The average Bonchev–Trinajstić information content (AvgIpc) is 3.06. The van der Waals surface area contributed by atoms with Gasteiger partial charge in [-0.2, -0.15) is 0 Å². The minimum absolute atomic E-state index is 0.0198. The summed E-state index contributed by atoms with van der Waals surface area (Å²) in [6.07, 6.45) is 3.37. The van der Waals surface area contributed by atoms with Crippen LogP contribution < -0.4 is 0 Å². The summed E-state index contributed by atoms with van der Waals surface area (Å²) in [6.45, 7) is 0. The molecule has 1 aromatic rings. The van der Waals surface area contributed by atoms with Crippen LogP contribution in [0.15, 0.2) is 23.4 Å². The van der Waals surface area contributed by atoms with Gasteiger partial charge in [-0.15, -0.1) is 0 Å². The van der Waals surface area contributed by atoms with E-state index in [-0.39, 0.29) is 17.5 Å². The van der Waals surface area contributed by atoms with Crippen molar-refractivity contribution >= 4 is 23.4 Å². The van der Waals surface area contributed by atoms with Gasteiger partial charge in [0.25, 0.3) is 0 Å². The fraction of sp³-hybridized carbons (Fsp3) is 0.455. The van der Waals surface area contributed by atoms with Crippen LogP contribution in [0.25, 0.3) is 0 Å². The molecule has 1 aromatic heterocycles. The molecule has 18 heavy (non-hydrogen) atoms. The van der Waals surface area contributed by atoms with Crippen molar-refractivity contribution in [1.82, 2.24) is 4.98 Å². The molecule has 0 aromatic carbocycles. The quantitative estimate of drug-likeness (QED) is 0.483. The predicted molar refractivity (Wildman–Crippen MR) is 65.5 cm³/mol. The Morgan fingerprint density at radius 3 is 2.89 bits per heavy atom. The summed E-state index contributed by atoms with van der Waals surface area (Å²) >= 11 is 1.27. The number of rotatable bonds is 6. The number of carboxylic acids is 1. The maximum Gasteiger partial charge on any atom is 0.303 e. The van der Waals surface area contributed by atoms with Gasteiger partial charge in [-0.25, -0.2) is 4.98 Å². The van der Waals surface area contributed by atoms with Gasteiger partial charge in [-0.05, 0) is 24.3 Å². The molecule has 0 aliphatic heterocycles. The highest BCUT2D eigenvalue weighted by molar-refractivity contribution is 7.99. The van der Waals surface area contributed by atoms with E-state index < -0.39 is 10.9 Å². The van der Waals surface area contributed by atoms with E-state index in [1.807, 2.05) is 0 Å². The Morgan fingerprint density at radius 1 is 1.61 bits per heavy atom. The topological polar surface area (TPSA) is 93.3 Å².